The summed E-state index contributed by atoms with van der Waals surface area (Å²) in [6.45, 7) is 0. The molecule has 5 nitrogen and oxygen atoms in total. The minimum atomic E-state index is 0.384. The van der Waals surface area contributed by atoms with Crippen molar-refractivity contribution < 1.29 is 9.15 Å². The van der Waals surface area contributed by atoms with Gasteiger partial charge in [-0.2, -0.15) is 4.98 Å². The van der Waals surface area contributed by atoms with Crippen LogP contribution in [0.15, 0.2) is 71.5 Å². The van der Waals surface area contributed by atoms with E-state index in [4.69, 9.17) is 9.15 Å². The number of benzene rings is 2. The molecule has 0 unspecified atom stereocenters. The van der Waals surface area contributed by atoms with Gasteiger partial charge < -0.3 is 9.15 Å². The zero-order chi connectivity index (χ0) is 15.9. The van der Waals surface area contributed by atoms with Gasteiger partial charge in [0.25, 0.3) is 5.88 Å². The summed E-state index contributed by atoms with van der Waals surface area (Å²) in [5.41, 5.74) is 2.81. The molecule has 0 spiro atoms. The molecule has 0 fully saturated rings. The Hall–Kier alpha value is -3.47. The second-order valence-electron chi connectivity index (χ2n) is 5.39. The maximum Gasteiger partial charge on any atom is 0.267 e. The fourth-order valence-electron chi connectivity index (χ4n) is 2.84. The van der Waals surface area contributed by atoms with Crippen molar-refractivity contribution in [2.24, 2.45) is 0 Å². The van der Waals surface area contributed by atoms with E-state index in [1.165, 1.54) is 6.33 Å². The summed E-state index contributed by atoms with van der Waals surface area (Å²) >= 11 is 0. The Kier molecular flexibility index (Phi) is 2.72. The van der Waals surface area contributed by atoms with Gasteiger partial charge in [0.2, 0.25) is 5.58 Å². The lowest BCUT2D eigenvalue weighted by molar-refractivity contribution is 0.460. The van der Waals surface area contributed by atoms with Crippen molar-refractivity contribution in [2.45, 2.75) is 0 Å². The fraction of sp³-hybridized carbons (Fsp3) is 0. The number of aromatic nitrogens is 3. The highest BCUT2D eigenvalue weighted by atomic mass is 16.5. The normalized spacial score (nSPS) is 11.3. The van der Waals surface area contributed by atoms with E-state index in [2.05, 4.69) is 15.0 Å². The van der Waals surface area contributed by atoms with Gasteiger partial charge in [-0.3, -0.25) is 4.98 Å². The Morgan fingerprint density at radius 3 is 2.71 bits per heavy atom. The number of pyridine rings is 1. The van der Waals surface area contributed by atoms with Crippen molar-refractivity contribution in [2.75, 3.05) is 0 Å². The lowest BCUT2D eigenvalue weighted by atomic mass is 10.2. The second-order valence-corrected chi connectivity index (χ2v) is 5.39. The predicted molar refractivity (Wildman–Crippen MR) is 91.1 cm³/mol. The summed E-state index contributed by atoms with van der Waals surface area (Å²) in [7, 11) is 0. The van der Waals surface area contributed by atoms with Crippen LogP contribution < -0.4 is 4.74 Å². The van der Waals surface area contributed by atoms with E-state index in [1.54, 1.807) is 6.20 Å². The van der Waals surface area contributed by atoms with Crippen LogP contribution in [0.1, 0.15) is 0 Å². The number of ether oxygens (including phenoxy) is 1. The quantitative estimate of drug-likeness (QED) is 0.472. The molecule has 24 heavy (non-hydrogen) atoms. The van der Waals surface area contributed by atoms with Crippen LogP contribution in [0.25, 0.3) is 33.0 Å². The van der Waals surface area contributed by atoms with Crippen molar-refractivity contribution in [1.82, 2.24) is 15.0 Å². The van der Waals surface area contributed by atoms with E-state index < -0.39 is 0 Å². The van der Waals surface area contributed by atoms with Gasteiger partial charge in [0, 0.05) is 17.0 Å². The van der Waals surface area contributed by atoms with Gasteiger partial charge in [-0.05, 0) is 24.3 Å². The third kappa shape index (κ3) is 1.91. The Bertz CT molecular complexity index is 1190. The maximum atomic E-state index is 6.03. The van der Waals surface area contributed by atoms with E-state index in [0.717, 1.165) is 27.4 Å². The monoisotopic (exact) mass is 313 g/mol. The van der Waals surface area contributed by atoms with Crippen LogP contribution in [0.2, 0.25) is 0 Å². The van der Waals surface area contributed by atoms with Gasteiger partial charge in [-0.25, -0.2) is 4.98 Å². The van der Waals surface area contributed by atoms with E-state index in [0.29, 0.717) is 17.2 Å². The summed E-state index contributed by atoms with van der Waals surface area (Å²) in [4.78, 5) is 13.0. The van der Waals surface area contributed by atoms with Crippen molar-refractivity contribution in [3.63, 3.8) is 0 Å². The number of hydrogen-bond acceptors (Lipinski definition) is 5. The predicted octanol–water partition coefficient (Wildman–Crippen LogP) is 4.72. The van der Waals surface area contributed by atoms with Gasteiger partial charge in [-0.15, -0.1) is 0 Å². The maximum absolute atomic E-state index is 6.03. The zero-order valence-corrected chi connectivity index (χ0v) is 12.5. The molecule has 0 aliphatic rings. The van der Waals surface area contributed by atoms with Gasteiger partial charge >= 0.3 is 0 Å². The molecule has 0 radical (unpaired) electrons. The first kappa shape index (κ1) is 13.0. The lowest BCUT2D eigenvalue weighted by Crippen LogP contribution is -1.91. The Balaban J connectivity index is 1.72. The molecule has 5 aromatic rings. The average molecular weight is 313 g/mol. The molecule has 3 heterocycles. The third-order valence-corrected chi connectivity index (χ3v) is 3.93. The Morgan fingerprint density at radius 2 is 1.71 bits per heavy atom. The standard InChI is InChI=1S/C19H11N3O2/c1-2-8-14-13(7-1)17-18(23-14)19(22-11-21-17)24-15-9-3-5-12-6-4-10-20-16(12)15/h1-11H. The first-order chi connectivity index (χ1) is 11.9. The smallest absolute Gasteiger partial charge is 0.267 e. The van der Waals surface area contributed by atoms with Crippen molar-refractivity contribution in [1.29, 1.82) is 0 Å². The molecule has 0 aliphatic heterocycles. The Morgan fingerprint density at radius 1 is 0.792 bits per heavy atom. The van der Waals surface area contributed by atoms with Crippen molar-refractivity contribution in [3.8, 4) is 11.6 Å². The van der Waals surface area contributed by atoms with Crippen LogP contribution >= 0.6 is 0 Å². The van der Waals surface area contributed by atoms with E-state index in [9.17, 15) is 0 Å². The number of furan rings is 1. The SMILES string of the molecule is c1cnc2c(Oc3ncnc4c3oc3ccccc34)cccc2c1. The largest absolute Gasteiger partial charge is 0.449 e. The molecule has 0 saturated carbocycles. The molecule has 3 aromatic heterocycles. The topological polar surface area (TPSA) is 61.0 Å². The molecule has 0 bridgehead atoms. The summed E-state index contributed by atoms with van der Waals surface area (Å²) in [5, 5.41) is 1.95. The van der Waals surface area contributed by atoms with E-state index in [1.807, 2.05) is 54.6 Å². The van der Waals surface area contributed by atoms with Crippen molar-refractivity contribution >= 4 is 33.0 Å². The van der Waals surface area contributed by atoms with Crippen LogP contribution in [0.5, 0.6) is 11.6 Å². The van der Waals surface area contributed by atoms with Gasteiger partial charge in [0.05, 0.1) is 0 Å². The van der Waals surface area contributed by atoms with Crippen molar-refractivity contribution in [3.05, 3.63) is 67.1 Å². The number of nitrogens with zero attached hydrogens (tertiary/aromatic N) is 3. The molecule has 2 aromatic carbocycles. The molecule has 0 aliphatic carbocycles. The first-order valence-electron chi connectivity index (χ1n) is 7.54. The third-order valence-electron chi connectivity index (χ3n) is 3.93. The zero-order valence-electron chi connectivity index (χ0n) is 12.5. The van der Waals surface area contributed by atoms with Gasteiger partial charge in [-0.1, -0.05) is 30.3 Å². The van der Waals surface area contributed by atoms with Crippen LogP contribution in [0, 0.1) is 0 Å². The average Bonchev–Trinajstić information content (AvgIpc) is 3.02. The number of rotatable bonds is 2. The minimum Gasteiger partial charge on any atom is -0.449 e. The second kappa shape index (κ2) is 5.03. The van der Waals surface area contributed by atoms with Crippen LogP contribution in [-0.2, 0) is 0 Å². The molecule has 0 atom stereocenters. The summed E-state index contributed by atoms with van der Waals surface area (Å²) in [6, 6.07) is 17.4. The Labute approximate surface area is 136 Å². The highest BCUT2D eigenvalue weighted by Gasteiger charge is 2.15. The molecular formula is C19H11N3O2. The van der Waals surface area contributed by atoms with Crippen LogP contribution in [0.4, 0.5) is 0 Å². The lowest BCUT2D eigenvalue weighted by Gasteiger charge is -2.07. The van der Waals surface area contributed by atoms with Gasteiger partial charge in [0.1, 0.15) is 22.9 Å². The summed E-state index contributed by atoms with van der Waals surface area (Å²) < 4.78 is 11.9. The number of hydrogen-bond donors (Lipinski definition) is 0. The number of para-hydroxylation sites is 2. The number of fused-ring (bicyclic) bond motifs is 4. The molecule has 0 saturated heterocycles. The van der Waals surface area contributed by atoms with E-state index >= 15 is 0 Å². The summed E-state index contributed by atoms with van der Waals surface area (Å²) in [5.74, 6) is 1.02. The molecule has 5 heteroatoms. The van der Waals surface area contributed by atoms with Crippen LogP contribution in [-0.4, -0.2) is 15.0 Å². The molecule has 0 amide bonds. The van der Waals surface area contributed by atoms with Crippen LogP contribution in [0.3, 0.4) is 0 Å². The fourth-order valence-corrected chi connectivity index (χ4v) is 2.84. The highest BCUT2D eigenvalue weighted by molar-refractivity contribution is 6.03. The molecular weight excluding hydrogens is 302 g/mol. The molecule has 114 valence electrons. The minimum absolute atomic E-state index is 0.384. The highest BCUT2D eigenvalue weighted by Crippen LogP contribution is 2.35. The van der Waals surface area contributed by atoms with Gasteiger partial charge in [0.15, 0.2) is 5.75 Å². The molecule has 0 N–H and O–H groups in total. The first-order valence-corrected chi connectivity index (χ1v) is 7.54. The molecule has 5 rings (SSSR count). The van der Waals surface area contributed by atoms with E-state index in [-0.39, 0.29) is 0 Å². The summed E-state index contributed by atoms with van der Waals surface area (Å²) in [6.07, 6.45) is 3.23.